The molecule has 0 aromatic heterocycles. The normalized spacial score (nSPS) is 28.7. The van der Waals surface area contributed by atoms with Gasteiger partial charge in [0, 0.05) is 15.7 Å². The molecule has 3 atom stereocenters. The van der Waals surface area contributed by atoms with E-state index < -0.39 is 23.7 Å². The summed E-state index contributed by atoms with van der Waals surface area (Å²) in [5, 5.41) is 15.0. The predicted molar refractivity (Wildman–Crippen MR) is 99.0 cm³/mol. The van der Waals surface area contributed by atoms with E-state index >= 15 is 0 Å². The Morgan fingerprint density at radius 1 is 1.26 bits per heavy atom. The summed E-state index contributed by atoms with van der Waals surface area (Å²) in [6.45, 7) is 5.93. The van der Waals surface area contributed by atoms with Gasteiger partial charge in [-0.15, -0.1) is 0 Å². The monoisotopic (exact) mass is 446 g/mol. The number of hydrogen-bond acceptors (Lipinski definition) is 3. The van der Waals surface area contributed by atoms with Gasteiger partial charge in [-0.2, -0.15) is 23.3 Å². The molecule has 1 heterocycles. The molecule has 0 spiro atoms. The number of alkyl halides is 3. The molecule has 1 amide bonds. The SMILES string of the molecule is CC(C)(C)[C@@H]1CCC2=NN(C(=O)c3ccc(Br)cc3)[C@@](O)(C(F)(F)F)[C@H]2C1. The van der Waals surface area contributed by atoms with E-state index in [-0.39, 0.29) is 34.0 Å². The third-order valence-corrected chi connectivity index (χ3v) is 6.16. The number of nitrogens with zero attached hydrogens (tertiary/aromatic N) is 2. The van der Waals surface area contributed by atoms with Crippen LogP contribution < -0.4 is 0 Å². The van der Waals surface area contributed by atoms with Crippen molar-refractivity contribution in [1.29, 1.82) is 0 Å². The van der Waals surface area contributed by atoms with Gasteiger partial charge >= 0.3 is 6.18 Å². The third kappa shape index (κ3) is 3.42. The minimum absolute atomic E-state index is 0.00180. The van der Waals surface area contributed by atoms with Gasteiger partial charge in [0.15, 0.2) is 0 Å². The first kappa shape index (κ1) is 20.3. The highest BCUT2D eigenvalue weighted by atomic mass is 79.9. The Morgan fingerprint density at radius 3 is 2.37 bits per heavy atom. The van der Waals surface area contributed by atoms with Crippen LogP contribution in [0.1, 0.15) is 50.4 Å². The maximum Gasteiger partial charge on any atom is 0.439 e. The summed E-state index contributed by atoms with van der Waals surface area (Å²) in [5.41, 5.74) is -3.23. The van der Waals surface area contributed by atoms with E-state index in [9.17, 15) is 23.1 Å². The number of rotatable bonds is 1. The summed E-state index contributed by atoms with van der Waals surface area (Å²) in [5.74, 6) is -2.20. The summed E-state index contributed by atoms with van der Waals surface area (Å²) < 4.78 is 42.7. The maximum atomic E-state index is 14.0. The smallest absolute Gasteiger partial charge is 0.362 e. The molecule has 0 bridgehead atoms. The van der Waals surface area contributed by atoms with E-state index in [4.69, 9.17) is 0 Å². The fourth-order valence-corrected chi connectivity index (χ4v) is 4.19. The lowest BCUT2D eigenvalue weighted by Crippen LogP contribution is -2.62. The molecular weight excluding hydrogens is 425 g/mol. The van der Waals surface area contributed by atoms with Crippen molar-refractivity contribution in [2.45, 2.75) is 51.9 Å². The number of hydrazone groups is 1. The van der Waals surface area contributed by atoms with Crippen molar-refractivity contribution >= 4 is 27.5 Å². The Kier molecular flexibility index (Phi) is 4.96. The minimum Gasteiger partial charge on any atom is -0.362 e. The van der Waals surface area contributed by atoms with Crippen molar-refractivity contribution in [3.05, 3.63) is 34.3 Å². The zero-order valence-corrected chi connectivity index (χ0v) is 16.9. The molecule has 27 heavy (non-hydrogen) atoms. The molecule has 1 aromatic carbocycles. The van der Waals surface area contributed by atoms with Crippen molar-refractivity contribution in [1.82, 2.24) is 5.01 Å². The number of amides is 1. The molecule has 0 radical (unpaired) electrons. The topological polar surface area (TPSA) is 52.9 Å². The van der Waals surface area contributed by atoms with E-state index in [1.54, 1.807) is 12.1 Å². The second kappa shape index (κ2) is 6.58. The molecule has 148 valence electrons. The van der Waals surface area contributed by atoms with Crippen molar-refractivity contribution < 1.29 is 23.1 Å². The van der Waals surface area contributed by atoms with Crippen LogP contribution in [0.2, 0.25) is 0 Å². The van der Waals surface area contributed by atoms with E-state index in [1.807, 2.05) is 20.8 Å². The molecule has 1 N–H and O–H groups in total. The van der Waals surface area contributed by atoms with Crippen LogP contribution in [0.3, 0.4) is 0 Å². The summed E-state index contributed by atoms with van der Waals surface area (Å²) >= 11 is 3.23. The van der Waals surface area contributed by atoms with Crippen LogP contribution >= 0.6 is 15.9 Å². The van der Waals surface area contributed by atoms with E-state index in [2.05, 4.69) is 21.0 Å². The maximum absolute atomic E-state index is 14.0. The predicted octanol–water partition coefficient (Wildman–Crippen LogP) is 4.97. The van der Waals surface area contributed by atoms with Gasteiger partial charge in [0.2, 0.25) is 0 Å². The number of aliphatic hydroxyl groups is 1. The molecule has 0 unspecified atom stereocenters. The van der Waals surface area contributed by atoms with Gasteiger partial charge in [-0.05, 0) is 54.9 Å². The Hall–Kier alpha value is -1.41. The molecule has 1 aliphatic heterocycles. The van der Waals surface area contributed by atoms with Crippen LogP contribution in [-0.4, -0.2) is 33.6 Å². The van der Waals surface area contributed by atoms with Gasteiger partial charge in [0.05, 0.1) is 5.92 Å². The molecule has 1 fully saturated rings. The molecule has 1 saturated carbocycles. The van der Waals surface area contributed by atoms with Gasteiger partial charge in [-0.25, -0.2) is 0 Å². The number of carbonyl (C=O) groups is 1. The second-order valence-electron chi connectivity index (χ2n) is 8.33. The second-order valence-corrected chi connectivity index (χ2v) is 9.24. The van der Waals surface area contributed by atoms with Crippen LogP contribution in [-0.2, 0) is 0 Å². The minimum atomic E-state index is -5.02. The molecule has 0 saturated heterocycles. The number of carbonyl (C=O) groups excluding carboxylic acids is 1. The Labute approximate surface area is 164 Å². The van der Waals surface area contributed by atoms with Crippen LogP contribution in [0.5, 0.6) is 0 Å². The van der Waals surface area contributed by atoms with E-state index in [0.29, 0.717) is 17.3 Å². The standard InChI is InChI=1S/C19H22BrF3N2O2/c1-17(2,3)12-6-9-15-14(10-12)18(27,19(21,22)23)25(24-15)16(26)11-4-7-13(20)8-5-11/h4-5,7-8,12,14,27H,6,9-10H2,1-3H3/t12-,14+,18+/m1/s1. The van der Waals surface area contributed by atoms with Crippen LogP contribution in [0.25, 0.3) is 0 Å². The number of hydrogen-bond donors (Lipinski definition) is 1. The van der Waals surface area contributed by atoms with Gasteiger partial charge < -0.3 is 5.11 Å². The van der Waals surface area contributed by atoms with E-state index in [1.165, 1.54) is 12.1 Å². The molecule has 3 rings (SSSR count). The van der Waals surface area contributed by atoms with Gasteiger partial charge in [0.1, 0.15) is 0 Å². The average molecular weight is 447 g/mol. The first-order valence-electron chi connectivity index (χ1n) is 8.82. The number of fused-ring (bicyclic) bond motifs is 1. The summed E-state index contributed by atoms with van der Waals surface area (Å²) in [6.07, 6.45) is -3.85. The molecule has 2 aliphatic rings. The third-order valence-electron chi connectivity index (χ3n) is 5.63. The zero-order valence-electron chi connectivity index (χ0n) is 15.3. The fourth-order valence-electron chi connectivity index (χ4n) is 3.92. The summed E-state index contributed by atoms with van der Waals surface area (Å²) in [6, 6.07) is 5.93. The highest BCUT2D eigenvalue weighted by Crippen LogP contribution is 2.52. The highest BCUT2D eigenvalue weighted by Gasteiger charge is 2.69. The Balaban J connectivity index is 2.01. The Morgan fingerprint density at radius 2 is 1.85 bits per heavy atom. The molecule has 8 heteroatoms. The van der Waals surface area contributed by atoms with Crippen LogP contribution in [0, 0.1) is 17.3 Å². The van der Waals surface area contributed by atoms with Crippen molar-refractivity contribution in [2.24, 2.45) is 22.4 Å². The lowest BCUT2D eigenvalue weighted by Gasteiger charge is -2.42. The number of halogens is 4. The lowest BCUT2D eigenvalue weighted by atomic mass is 9.66. The first-order chi connectivity index (χ1) is 12.4. The van der Waals surface area contributed by atoms with Gasteiger partial charge in [-0.3, -0.25) is 4.79 Å². The van der Waals surface area contributed by atoms with Gasteiger partial charge in [-0.1, -0.05) is 36.7 Å². The van der Waals surface area contributed by atoms with E-state index in [0.717, 1.165) is 0 Å². The molecule has 1 aliphatic carbocycles. The average Bonchev–Trinajstić information content (AvgIpc) is 2.88. The molecule has 1 aromatic rings. The Bertz CT molecular complexity index is 771. The van der Waals surface area contributed by atoms with Crippen molar-refractivity contribution in [3.8, 4) is 0 Å². The summed E-state index contributed by atoms with van der Waals surface area (Å²) in [7, 11) is 0. The first-order valence-corrected chi connectivity index (χ1v) is 9.61. The quantitative estimate of drug-likeness (QED) is 0.661. The van der Waals surface area contributed by atoms with Gasteiger partial charge in [0.25, 0.3) is 11.6 Å². The zero-order chi connectivity index (χ0) is 20.2. The fraction of sp³-hybridized carbons (Fsp3) is 0.579. The molecular formula is C19H22BrF3N2O2. The lowest BCUT2D eigenvalue weighted by molar-refractivity contribution is -0.314. The van der Waals surface area contributed by atoms with Crippen LogP contribution in [0.15, 0.2) is 33.8 Å². The number of benzene rings is 1. The summed E-state index contributed by atoms with van der Waals surface area (Å²) in [4.78, 5) is 12.8. The van der Waals surface area contributed by atoms with Crippen LogP contribution in [0.4, 0.5) is 13.2 Å². The van der Waals surface area contributed by atoms with Crippen molar-refractivity contribution in [3.63, 3.8) is 0 Å². The van der Waals surface area contributed by atoms with Crippen molar-refractivity contribution in [2.75, 3.05) is 0 Å². The molecule has 4 nitrogen and oxygen atoms in total. The largest absolute Gasteiger partial charge is 0.439 e. The highest BCUT2D eigenvalue weighted by molar-refractivity contribution is 9.10.